The Hall–Kier alpha value is -1.62. The van der Waals surface area contributed by atoms with E-state index in [-0.39, 0.29) is 5.56 Å². The molecule has 126 valence electrons. The number of aromatic nitrogens is 2. The van der Waals surface area contributed by atoms with Crippen molar-refractivity contribution in [2.24, 2.45) is 11.8 Å². The predicted molar refractivity (Wildman–Crippen MR) is 93.7 cm³/mol. The summed E-state index contributed by atoms with van der Waals surface area (Å²) in [5.74, 6) is 1.96. The van der Waals surface area contributed by atoms with Gasteiger partial charge in [-0.25, -0.2) is 4.98 Å². The lowest BCUT2D eigenvalue weighted by Gasteiger charge is -2.36. The fourth-order valence-electron chi connectivity index (χ4n) is 3.94. The monoisotopic (exact) mass is 316 g/mol. The Morgan fingerprint density at radius 1 is 1.43 bits per heavy atom. The van der Waals surface area contributed by atoms with E-state index in [1.165, 1.54) is 24.8 Å². The van der Waals surface area contributed by atoms with Crippen LogP contribution in [-0.4, -0.2) is 35.6 Å². The van der Waals surface area contributed by atoms with E-state index in [4.69, 9.17) is 0 Å². The third-order valence-electron chi connectivity index (χ3n) is 5.40. The number of H-pyrrole nitrogens is 1. The Kier molecular flexibility index (Phi) is 5.16. The molecule has 2 N–H and O–H groups in total. The minimum Gasteiger partial charge on any atom is -0.350 e. The van der Waals surface area contributed by atoms with Gasteiger partial charge >= 0.3 is 0 Å². The molecule has 5 nitrogen and oxygen atoms in total. The van der Waals surface area contributed by atoms with E-state index in [1.807, 2.05) is 0 Å². The van der Waals surface area contributed by atoms with Crippen LogP contribution in [0, 0.1) is 11.8 Å². The van der Waals surface area contributed by atoms with Crippen molar-refractivity contribution in [3.05, 3.63) is 34.4 Å². The summed E-state index contributed by atoms with van der Waals surface area (Å²) in [6.07, 6.45) is 10.4. The molecule has 1 aromatic heterocycles. The van der Waals surface area contributed by atoms with Crippen LogP contribution >= 0.6 is 0 Å². The van der Waals surface area contributed by atoms with Crippen LogP contribution in [0.5, 0.6) is 0 Å². The number of nitrogens with zero attached hydrogens (tertiary/aromatic N) is 2. The van der Waals surface area contributed by atoms with Gasteiger partial charge in [-0.2, -0.15) is 0 Å². The molecular weight excluding hydrogens is 288 g/mol. The lowest BCUT2D eigenvalue weighted by Crippen LogP contribution is -2.49. The summed E-state index contributed by atoms with van der Waals surface area (Å²) < 4.78 is 0. The van der Waals surface area contributed by atoms with Gasteiger partial charge in [-0.15, -0.1) is 0 Å². The molecule has 3 rings (SSSR count). The first-order valence-electron chi connectivity index (χ1n) is 8.84. The lowest BCUT2D eigenvalue weighted by molar-refractivity contribution is 0.320. The molecule has 0 unspecified atom stereocenters. The highest BCUT2D eigenvalue weighted by atomic mass is 16.1. The first kappa shape index (κ1) is 16.2. The molecule has 3 atom stereocenters. The van der Waals surface area contributed by atoms with E-state index in [9.17, 15) is 4.79 Å². The van der Waals surface area contributed by atoms with E-state index < -0.39 is 0 Å². The average molecular weight is 316 g/mol. The molecular formula is C18H28N4O. The Labute approximate surface area is 138 Å². The first-order chi connectivity index (χ1) is 11.1. The molecule has 0 radical (unpaired) electrons. The first-order valence-corrected chi connectivity index (χ1v) is 8.84. The molecule has 1 saturated heterocycles. The van der Waals surface area contributed by atoms with E-state index >= 15 is 0 Å². The van der Waals surface area contributed by atoms with Gasteiger partial charge in [0.25, 0.3) is 5.56 Å². The van der Waals surface area contributed by atoms with Crippen molar-refractivity contribution in [1.82, 2.24) is 15.3 Å². The molecule has 1 aliphatic heterocycles. The van der Waals surface area contributed by atoms with Gasteiger partial charge in [-0.1, -0.05) is 18.6 Å². The van der Waals surface area contributed by atoms with Gasteiger partial charge < -0.3 is 15.2 Å². The summed E-state index contributed by atoms with van der Waals surface area (Å²) in [5.41, 5.74) is 1.44. The van der Waals surface area contributed by atoms with Crippen LogP contribution in [0.4, 0.5) is 5.82 Å². The zero-order valence-electron chi connectivity index (χ0n) is 14.2. The van der Waals surface area contributed by atoms with Crippen LogP contribution in [-0.2, 0) is 0 Å². The Bertz CT molecular complexity index is 609. The number of rotatable bonds is 4. The highest BCUT2D eigenvalue weighted by Gasteiger charge is 2.26. The minimum absolute atomic E-state index is 0.0900. The molecule has 23 heavy (non-hydrogen) atoms. The zero-order valence-corrected chi connectivity index (χ0v) is 14.2. The Morgan fingerprint density at radius 2 is 2.30 bits per heavy atom. The SMILES string of the molecule is CC1=CCC[C@H](C)[C@@H]1CN[C@H]1CCCN(c2ncc[nH]c2=O)C1. The van der Waals surface area contributed by atoms with Gasteiger partial charge in [0.05, 0.1) is 0 Å². The maximum Gasteiger partial charge on any atom is 0.290 e. The number of aromatic amines is 1. The van der Waals surface area contributed by atoms with Crippen LogP contribution in [0.2, 0.25) is 0 Å². The van der Waals surface area contributed by atoms with Crippen molar-refractivity contribution in [3.8, 4) is 0 Å². The van der Waals surface area contributed by atoms with Crippen molar-refractivity contribution in [3.63, 3.8) is 0 Å². The Balaban J connectivity index is 1.59. The molecule has 0 bridgehead atoms. The minimum atomic E-state index is -0.0900. The molecule has 0 spiro atoms. The van der Waals surface area contributed by atoms with Crippen LogP contribution in [0.3, 0.4) is 0 Å². The summed E-state index contributed by atoms with van der Waals surface area (Å²) in [6.45, 7) is 7.45. The smallest absolute Gasteiger partial charge is 0.290 e. The number of piperidine rings is 1. The fourth-order valence-corrected chi connectivity index (χ4v) is 3.94. The van der Waals surface area contributed by atoms with Gasteiger partial charge in [0.2, 0.25) is 0 Å². The normalized spacial score (nSPS) is 28.5. The van der Waals surface area contributed by atoms with Crippen LogP contribution in [0.15, 0.2) is 28.8 Å². The standard InChI is InChI=1S/C18H28N4O/c1-13-5-3-6-14(2)16(13)11-21-15-7-4-10-22(12-15)17-18(23)20-9-8-19-17/h5,8-9,14-16,21H,3-4,6-7,10-12H2,1-2H3,(H,20,23)/t14-,15-,16+/m0/s1. The van der Waals surface area contributed by atoms with Gasteiger partial charge in [-0.3, -0.25) is 4.79 Å². The maximum atomic E-state index is 11.9. The highest BCUT2D eigenvalue weighted by molar-refractivity contribution is 5.36. The van der Waals surface area contributed by atoms with Crippen molar-refractivity contribution >= 4 is 5.82 Å². The third-order valence-corrected chi connectivity index (χ3v) is 5.40. The summed E-state index contributed by atoms with van der Waals surface area (Å²) in [6, 6.07) is 0.437. The van der Waals surface area contributed by atoms with Crippen molar-refractivity contribution in [1.29, 1.82) is 0 Å². The lowest BCUT2D eigenvalue weighted by atomic mass is 9.80. The van der Waals surface area contributed by atoms with E-state index in [1.54, 1.807) is 12.4 Å². The van der Waals surface area contributed by atoms with Crippen LogP contribution in [0.1, 0.15) is 39.5 Å². The number of hydrogen-bond acceptors (Lipinski definition) is 4. The maximum absolute atomic E-state index is 11.9. The van der Waals surface area contributed by atoms with Gasteiger partial charge in [0.1, 0.15) is 0 Å². The second-order valence-corrected chi connectivity index (χ2v) is 7.04. The molecule has 0 amide bonds. The van der Waals surface area contributed by atoms with Crippen molar-refractivity contribution in [2.75, 3.05) is 24.5 Å². The molecule has 1 fully saturated rings. The number of hydrogen-bond donors (Lipinski definition) is 2. The van der Waals surface area contributed by atoms with Gasteiger partial charge in [0.15, 0.2) is 5.82 Å². The molecule has 0 saturated carbocycles. The van der Waals surface area contributed by atoms with Crippen LogP contribution in [0.25, 0.3) is 0 Å². The van der Waals surface area contributed by atoms with Gasteiger partial charge in [-0.05, 0) is 44.4 Å². The largest absolute Gasteiger partial charge is 0.350 e. The molecule has 0 aromatic carbocycles. The number of allylic oxidation sites excluding steroid dienone is 1. The molecule has 2 heterocycles. The van der Waals surface area contributed by atoms with E-state index in [0.717, 1.165) is 32.0 Å². The summed E-state index contributed by atoms with van der Waals surface area (Å²) in [7, 11) is 0. The average Bonchev–Trinajstić information content (AvgIpc) is 2.55. The highest BCUT2D eigenvalue weighted by Crippen LogP contribution is 2.29. The van der Waals surface area contributed by atoms with Crippen molar-refractivity contribution < 1.29 is 0 Å². The molecule has 5 heteroatoms. The number of anilines is 1. The number of nitrogens with one attached hydrogen (secondary N) is 2. The van der Waals surface area contributed by atoms with E-state index in [2.05, 4.69) is 40.1 Å². The fraction of sp³-hybridized carbons (Fsp3) is 0.667. The molecule has 1 aromatic rings. The van der Waals surface area contributed by atoms with E-state index in [0.29, 0.717) is 17.8 Å². The Morgan fingerprint density at radius 3 is 3.09 bits per heavy atom. The second-order valence-electron chi connectivity index (χ2n) is 7.04. The summed E-state index contributed by atoms with van der Waals surface area (Å²) in [5, 5.41) is 3.75. The van der Waals surface area contributed by atoms with Gasteiger partial charge in [0, 0.05) is 38.1 Å². The second kappa shape index (κ2) is 7.30. The summed E-state index contributed by atoms with van der Waals surface area (Å²) >= 11 is 0. The zero-order chi connectivity index (χ0) is 16.2. The quantitative estimate of drug-likeness (QED) is 0.837. The van der Waals surface area contributed by atoms with Crippen LogP contribution < -0.4 is 15.8 Å². The van der Waals surface area contributed by atoms with Crippen molar-refractivity contribution in [2.45, 2.75) is 45.6 Å². The summed E-state index contributed by atoms with van der Waals surface area (Å²) in [4.78, 5) is 21.0. The predicted octanol–water partition coefficient (Wildman–Crippen LogP) is 2.32. The molecule has 2 aliphatic rings. The third kappa shape index (κ3) is 3.83. The topological polar surface area (TPSA) is 61.0 Å². The molecule has 1 aliphatic carbocycles.